The highest BCUT2D eigenvalue weighted by atomic mass is 35.5. The predicted molar refractivity (Wildman–Crippen MR) is 82.8 cm³/mol. The second kappa shape index (κ2) is 8.46. The first-order valence-corrected chi connectivity index (χ1v) is 7.32. The summed E-state index contributed by atoms with van der Waals surface area (Å²) in [7, 11) is 0. The van der Waals surface area contributed by atoms with Gasteiger partial charge in [0.1, 0.15) is 11.6 Å². The van der Waals surface area contributed by atoms with E-state index in [0.717, 1.165) is 25.5 Å². The van der Waals surface area contributed by atoms with Crippen LogP contribution in [0.5, 0.6) is 0 Å². The number of aromatic nitrogens is 1. The lowest BCUT2D eigenvalue weighted by atomic mass is 10.3. The molecule has 0 aliphatic rings. The van der Waals surface area contributed by atoms with Gasteiger partial charge in [0.2, 0.25) is 0 Å². The molecule has 0 aliphatic heterocycles. The molecular weight excluding hydrogens is 285 g/mol. The Morgan fingerprint density at radius 1 is 1.26 bits per heavy atom. The summed E-state index contributed by atoms with van der Waals surface area (Å²) in [6, 6.07) is 1.73. The smallest absolute Gasteiger partial charge is 0.150 e. The Morgan fingerprint density at radius 3 is 2.58 bits per heavy atom. The Hall–Kier alpha value is -0.710. The first-order chi connectivity index (χ1) is 9.13. The first-order valence-electron chi connectivity index (χ1n) is 6.56. The van der Waals surface area contributed by atoms with E-state index in [1.165, 1.54) is 0 Å². The van der Waals surface area contributed by atoms with Crippen LogP contribution in [-0.4, -0.2) is 37.8 Å². The fraction of sp³-hybridized carbons (Fsp3) is 0.615. The first kappa shape index (κ1) is 16.3. The lowest BCUT2D eigenvalue weighted by Crippen LogP contribution is -2.28. The molecule has 1 aromatic heterocycles. The summed E-state index contributed by atoms with van der Waals surface area (Å²) >= 11 is 12.3. The van der Waals surface area contributed by atoms with Crippen molar-refractivity contribution in [2.75, 3.05) is 43.1 Å². The van der Waals surface area contributed by atoms with Crippen LogP contribution in [0.2, 0.25) is 10.0 Å². The lowest BCUT2D eigenvalue weighted by Gasteiger charge is -2.23. The Morgan fingerprint density at radius 2 is 2.00 bits per heavy atom. The maximum Gasteiger partial charge on any atom is 0.150 e. The van der Waals surface area contributed by atoms with Crippen molar-refractivity contribution in [1.82, 2.24) is 4.98 Å². The van der Waals surface area contributed by atoms with Gasteiger partial charge in [-0.05, 0) is 26.8 Å². The van der Waals surface area contributed by atoms with Gasteiger partial charge < -0.3 is 15.0 Å². The zero-order chi connectivity index (χ0) is 14.3. The summed E-state index contributed by atoms with van der Waals surface area (Å²) in [5.74, 6) is 1.41. The molecule has 1 rings (SSSR count). The van der Waals surface area contributed by atoms with E-state index in [0.29, 0.717) is 29.1 Å². The Labute approximate surface area is 125 Å². The molecule has 0 aliphatic carbocycles. The van der Waals surface area contributed by atoms with Crippen molar-refractivity contribution in [2.45, 2.75) is 20.8 Å². The molecule has 1 heterocycles. The summed E-state index contributed by atoms with van der Waals surface area (Å²) in [5.41, 5.74) is 0. The molecular formula is C13H21Cl2N3O. The molecule has 0 spiro atoms. The number of rotatable bonds is 8. The van der Waals surface area contributed by atoms with Crippen molar-refractivity contribution in [1.29, 1.82) is 0 Å². The molecule has 0 radical (unpaired) electrons. The van der Waals surface area contributed by atoms with E-state index in [9.17, 15) is 0 Å². The maximum absolute atomic E-state index is 6.23. The maximum atomic E-state index is 6.23. The molecule has 0 bridgehead atoms. The van der Waals surface area contributed by atoms with Crippen LogP contribution in [0.25, 0.3) is 0 Å². The zero-order valence-electron chi connectivity index (χ0n) is 11.7. The van der Waals surface area contributed by atoms with E-state index in [2.05, 4.69) is 22.1 Å². The van der Waals surface area contributed by atoms with Crippen LogP contribution in [0.3, 0.4) is 0 Å². The number of anilines is 2. The molecule has 108 valence electrons. The number of pyridine rings is 1. The van der Waals surface area contributed by atoms with E-state index in [1.807, 2.05) is 13.8 Å². The number of ether oxygens (including phenoxy) is 1. The zero-order valence-corrected chi connectivity index (χ0v) is 13.2. The van der Waals surface area contributed by atoms with Gasteiger partial charge in [-0.25, -0.2) is 4.98 Å². The molecule has 0 atom stereocenters. The highest BCUT2D eigenvalue weighted by Crippen LogP contribution is 2.31. The topological polar surface area (TPSA) is 37.4 Å². The number of likely N-dealkylation sites (N-methyl/N-ethyl adjacent to an activating group) is 1. The summed E-state index contributed by atoms with van der Waals surface area (Å²) < 4.78 is 5.37. The molecule has 19 heavy (non-hydrogen) atoms. The minimum absolute atomic E-state index is 0.538. The van der Waals surface area contributed by atoms with Gasteiger partial charge in [-0.3, -0.25) is 0 Å². The van der Waals surface area contributed by atoms with Gasteiger partial charge in [-0.1, -0.05) is 23.2 Å². The van der Waals surface area contributed by atoms with Gasteiger partial charge in [0.25, 0.3) is 0 Å². The van der Waals surface area contributed by atoms with E-state index in [-0.39, 0.29) is 0 Å². The molecule has 0 unspecified atom stereocenters. The number of nitrogens with zero attached hydrogens (tertiary/aromatic N) is 2. The van der Waals surface area contributed by atoms with Gasteiger partial charge in [0.05, 0.1) is 16.7 Å². The van der Waals surface area contributed by atoms with Crippen molar-refractivity contribution in [3.8, 4) is 0 Å². The number of hydrogen-bond donors (Lipinski definition) is 1. The number of hydrogen-bond acceptors (Lipinski definition) is 4. The monoisotopic (exact) mass is 305 g/mol. The Balaban J connectivity index is 2.92. The van der Waals surface area contributed by atoms with Crippen molar-refractivity contribution >= 4 is 34.8 Å². The summed E-state index contributed by atoms with van der Waals surface area (Å²) in [4.78, 5) is 6.59. The standard InChI is InChI=1S/C13H21Cl2N3O/c1-4-16-12-10(14)9-11(15)13(17-12)18(5-2)7-8-19-6-3/h9H,4-8H2,1-3H3,(H,16,17). The third kappa shape index (κ3) is 4.71. The van der Waals surface area contributed by atoms with Crippen LogP contribution < -0.4 is 10.2 Å². The van der Waals surface area contributed by atoms with Crippen molar-refractivity contribution in [2.24, 2.45) is 0 Å². The highest BCUT2D eigenvalue weighted by molar-refractivity contribution is 6.37. The molecule has 1 N–H and O–H groups in total. The van der Waals surface area contributed by atoms with E-state index >= 15 is 0 Å². The normalized spacial score (nSPS) is 10.6. The van der Waals surface area contributed by atoms with Crippen LogP contribution in [0.1, 0.15) is 20.8 Å². The fourth-order valence-electron chi connectivity index (χ4n) is 1.70. The largest absolute Gasteiger partial charge is 0.380 e. The average molecular weight is 306 g/mol. The molecule has 1 aromatic rings. The molecule has 0 amide bonds. The average Bonchev–Trinajstić information content (AvgIpc) is 2.39. The summed E-state index contributed by atoms with van der Waals surface area (Å²) in [6.07, 6.45) is 0. The van der Waals surface area contributed by atoms with Gasteiger partial charge >= 0.3 is 0 Å². The predicted octanol–water partition coefficient (Wildman–Crippen LogP) is 3.68. The van der Waals surface area contributed by atoms with Crippen molar-refractivity contribution in [3.05, 3.63) is 16.1 Å². The molecule has 6 heteroatoms. The highest BCUT2D eigenvalue weighted by Gasteiger charge is 2.14. The molecule has 0 saturated heterocycles. The summed E-state index contributed by atoms with van der Waals surface area (Å²) in [5, 5.41) is 4.23. The van der Waals surface area contributed by atoms with Crippen LogP contribution in [0.15, 0.2) is 6.07 Å². The number of halogens is 2. The van der Waals surface area contributed by atoms with Crippen LogP contribution in [0.4, 0.5) is 11.6 Å². The second-order valence-corrected chi connectivity index (χ2v) is 4.75. The van der Waals surface area contributed by atoms with Gasteiger partial charge in [0, 0.05) is 26.2 Å². The minimum Gasteiger partial charge on any atom is -0.380 e. The molecule has 4 nitrogen and oxygen atoms in total. The van der Waals surface area contributed by atoms with E-state index < -0.39 is 0 Å². The van der Waals surface area contributed by atoms with E-state index in [4.69, 9.17) is 27.9 Å². The quantitative estimate of drug-likeness (QED) is 0.743. The fourth-order valence-corrected chi connectivity index (χ4v) is 2.25. The minimum atomic E-state index is 0.538. The van der Waals surface area contributed by atoms with Gasteiger partial charge in [-0.2, -0.15) is 0 Å². The second-order valence-electron chi connectivity index (χ2n) is 3.93. The van der Waals surface area contributed by atoms with Gasteiger partial charge in [-0.15, -0.1) is 0 Å². The van der Waals surface area contributed by atoms with Crippen LogP contribution >= 0.6 is 23.2 Å². The van der Waals surface area contributed by atoms with Crippen LogP contribution in [-0.2, 0) is 4.74 Å². The van der Waals surface area contributed by atoms with Gasteiger partial charge in [0.15, 0.2) is 0 Å². The van der Waals surface area contributed by atoms with Crippen molar-refractivity contribution in [3.63, 3.8) is 0 Å². The van der Waals surface area contributed by atoms with Crippen LogP contribution in [0, 0.1) is 0 Å². The molecule has 0 saturated carbocycles. The summed E-state index contributed by atoms with van der Waals surface area (Å²) in [6.45, 7) is 9.73. The van der Waals surface area contributed by atoms with E-state index in [1.54, 1.807) is 6.07 Å². The SMILES string of the molecule is CCNc1nc(N(CC)CCOCC)c(Cl)cc1Cl. The van der Waals surface area contributed by atoms with Crippen molar-refractivity contribution < 1.29 is 4.74 Å². The molecule has 0 fully saturated rings. The lowest BCUT2D eigenvalue weighted by molar-refractivity contribution is 0.154. The molecule has 0 aromatic carbocycles. The number of nitrogens with one attached hydrogen (secondary N) is 1. The third-order valence-corrected chi connectivity index (χ3v) is 3.21. The Kier molecular flexibility index (Phi) is 7.28. The Bertz CT molecular complexity index is 402. The third-order valence-electron chi connectivity index (χ3n) is 2.65.